The highest BCUT2D eigenvalue weighted by Gasteiger charge is 2.33. The molecule has 0 aromatic rings. The van der Waals surface area contributed by atoms with E-state index >= 15 is 0 Å². The van der Waals surface area contributed by atoms with E-state index in [1.807, 2.05) is 7.05 Å². The van der Waals surface area contributed by atoms with Gasteiger partial charge in [0.05, 0.1) is 0 Å². The lowest BCUT2D eigenvalue weighted by atomic mass is 9.83. The number of hydrogen-bond donors (Lipinski definition) is 2. The van der Waals surface area contributed by atoms with Gasteiger partial charge in [-0.3, -0.25) is 4.99 Å². The molecule has 6 heteroatoms. The molecule has 0 aromatic heterocycles. The zero-order chi connectivity index (χ0) is 17.1. The predicted octanol–water partition coefficient (Wildman–Crippen LogP) is 3.57. The van der Waals surface area contributed by atoms with Gasteiger partial charge < -0.3 is 20.1 Å². The van der Waals surface area contributed by atoms with Crippen LogP contribution in [0.15, 0.2) is 4.99 Å². The number of hydrogen-bond acceptors (Lipinski definition) is 3. The van der Waals surface area contributed by atoms with E-state index in [1.165, 1.54) is 38.5 Å². The zero-order valence-electron chi connectivity index (χ0n) is 16.1. The van der Waals surface area contributed by atoms with Crippen molar-refractivity contribution in [2.24, 2.45) is 16.3 Å². The third-order valence-corrected chi connectivity index (χ3v) is 5.31. The minimum absolute atomic E-state index is 0. The van der Waals surface area contributed by atoms with Crippen LogP contribution in [-0.2, 0) is 9.47 Å². The number of rotatable bonds is 12. The molecule has 0 aromatic carbocycles. The Kier molecular flexibility index (Phi) is 12.1. The van der Waals surface area contributed by atoms with Crippen molar-refractivity contribution in [3.63, 3.8) is 0 Å². The number of aliphatic imine (C=N–C) groups is 1. The number of ether oxygens (including phenoxy) is 2. The van der Waals surface area contributed by atoms with Crippen LogP contribution in [-0.4, -0.2) is 52.5 Å². The number of halogens is 1. The molecule has 2 saturated carbocycles. The smallest absolute Gasteiger partial charge is 0.190 e. The van der Waals surface area contributed by atoms with Crippen molar-refractivity contribution in [2.75, 3.05) is 46.6 Å². The Labute approximate surface area is 171 Å². The summed E-state index contributed by atoms with van der Waals surface area (Å²) < 4.78 is 11.3. The van der Waals surface area contributed by atoms with Gasteiger partial charge in [-0.15, -0.1) is 24.0 Å². The molecule has 0 saturated heterocycles. The maximum Gasteiger partial charge on any atom is 0.190 e. The van der Waals surface area contributed by atoms with Crippen molar-refractivity contribution in [3.8, 4) is 0 Å². The van der Waals surface area contributed by atoms with Gasteiger partial charge >= 0.3 is 0 Å². The monoisotopic (exact) mass is 467 g/mol. The van der Waals surface area contributed by atoms with Crippen LogP contribution in [0.2, 0.25) is 0 Å². The minimum Gasteiger partial charge on any atom is -0.382 e. The molecule has 2 aliphatic rings. The molecule has 0 bridgehead atoms. The van der Waals surface area contributed by atoms with Gasteiger partial charge in [0.2, 0.25) is 0 Å². The van der Waals surface area contributed by atoms with Crippen molar-refractivity contribution in [2.45, 2.75) is 58.3 Å². The number of nitrogens with zero attached hydrogens (tertiary/aromatic N) is 1. The Hall–Kier alpha value is -0.0800. The Morgan fingerprint density at radius 1 is 1.12 bits per heavy atom. The van der Waals surface area contributed by atoms with Crippen LogP contribution in [0, 0.1) is 11.3 Å². The number of guanidine groups is 1. The summed E-state index contributed by atoms with van der Waals surface area (Å²) >= 11 is 0. The van der Waals surface area contributed by atoms with Crippen LogP contribution in [0.25, 0.3) is 0 Å². The van der Waals surface area contributed by atoms with E-state index in [9.17, 15) is 0 Å². The minimum atomic E-state index is 0. The van der Waals surface area contributed by atoms with Gasteiger partial charge in [0.1, 0.15) is 0 Å². The SMILES string of the molecule is CCOCCC1(CNC(=NC)NCCCOCC2CC2)CCCC1.I. The molecule has 0 aliphatic heterocycles. The molecule has 2 rings (SSSR count). The molecule has 2 aliphatic carbocycles. The molecule has 2 fully saturated rings. The van der Waals surface area contributed by atoms with E-state index in [4.69, 9.17) is 9.47 Å². The predicted molar refractivity (Wildman–Crippen MR) is 115 cm³/mol. The summed E-state index contributed by atoms with van der Waals surface area (Å²) in [5, 5.41) is 6.95. The second-order valence-corrected chi connectivity index (χ2v) is 7.38. The van der Waals surface area contributed by atoms with Gasteiger partial charge in [-0.1, -0.05) is 12.8 Å². The highest BCUT2D eigenvalue weighted by Crippen LogP contribution is 2.40. The molecule has 2 N–H and O–H groups in total. The lowest BCUT2D eigenvalue weighted by molar-refractivity contribution is 0.105. The van der Waals surface area contributed by atoms with Gasteiger partial charge in [-0.25, -0.2) is 0 Å². The van der Waals surface area contributed by atoms with Crippen molar-refractivity contribution in [3.05, 3.63) is 0 Å². The molecule has 148 valence electrons. The molecular weight excluding hydrogens is 429 g/mol. The average molecular weight is 467 g/mol. The first-order valence-electron chi connectivity index (χ1n) is 9.88. The largest absolute Gasteiger partial charge is 0.382 e. The summed E-state index contributed by atoms with van der Waals surface area (Å²) in [5.74, 6) is 1.77. The van der Waals surface area contributed by atoms with Crippen LogP contribution in [0.3, 0.4) is 0 Å². The fraction of sp³-hybridized carbons (Fsp3) is 0.947. The van der Waals surface area contributed by atoms with Gasteiger partial charge in [0, 0.05) is 46.6 Å². The molecule has 0 spiro atoms. The number of nitrogens with one attached hydrogen (secondary N) is 2. The Morgan fingerprint density at radius 3 is 2.52 bits per heavy atom. The standard InChI is InChI=1S/C19H37N3O2.HI/c1-3-23-14-11-19(9-4-5-10-19)16-22-18(20-2)21-12-6-13-24-15-17-7-8-17;/h17H,3-16H2,1-2H3,(H2,20,21,22);1H. The first-order valence-corrected chi connectivity index (χ1v) is 9.88. The van der Waals surface area contributed by atoms with Gasteiger partial charge in [0.15, 0.2) is 5.96 Å². The van der Waals surface area contributed by atoms with Crippen LogP contribution in [0.5, 0.6) is 0 Å². The first kappa shape index (κ1) is 23.0. The highest BCUT2D eigenvalue weighted by atomic mass is 127. The van der Waals surface area contributed by atoms with E-state index in [0.29, 0.717) is 5.41 Å². The van der Waals surface area contributed by atoms with E-state index in [-0.39, 0.29) is 24.0 Å². The maximum atomic E-state index is 5.67. The van der Waals surface area contributed by atoms with Gasteiger partial charge in [0.25, 0.3) is 0 Å². The lowest BCUT2D eigenvalue weighted by Gasteiger charge is -2.30. The van der Waals surface area contributed by atoms with Crippen LogP contribution >= 0.6 is 24.0 Å². The molecule has 25 heavy (non-hydrogen) atoms. The van der Waals surface area contributed by atoms with Gasteiger partial charge in [-0.05, 0) is 56.8 Å². The average Bonchev–Trinajstić information content (AvgIpc) is 3.31. The quantitative estimate of drug-likeness (QED) is 0.200. The van der Waals surface area contributed by atoms with Crippen molar-refractivity contribution in [1.29, 1.82) is 0 Å². The normalized spacial score (nSPS) is 19.5. The fourth-order valence-corrected chi connectivity index (χ4v) is 3.48. The molecule has 0 atom stereocenters. The second kappa shape index (κ2) is 13.1. The summed E-state index contributed by atoms with van der Waals surface area (Å²) in [7, 11) is 1.85. The van der Waals surface area contributed by atoms with E-state index in [2.05, 4.69) is 22.5 Å². The van der Waals surface area contributed by atoms with Crippen molar-refractivity contribution in [1.82, 2.24) is 10.6 Å². The van der Waals surface area contributed by atoms with Gasteiger partial charge in [-0.2, -0.15) is 0 Å². The second-order valence-electron chi connectivity index (χ2n) is 7.38. The molecule has 0 radical (unpaired) electrons. The van der Waals surface area contributed by atoms with Crippen LogP contribution in [0.4, 0.5) is 0 Å². The molecule has 0 unspecified atom stereocenters. The topological polar surface area (TPSA) is 54.9 Å². The van der Waals surface area contributed by atoms with E-state index in [0.717, 1.165) is 64.2 Å². The highest BCUT2D eigenvalue weighted by molar-refractivity contribution is 14.0. The third kappa shape index (κ3) is 9.43. The maximum absolute atomic E-state index is 5.67. The summed E-state index contributed by atoms with van der Waals surface area (Å²) in [6.07, 6.45) is 10.2. The van der Waals surface area contributed by atoms with E-state index in [1.54, 1.807) is 0 Å². The van der Waals surface area contributed by atoms with Crippen molar-refractivity contribution < 1.29 is 9.47 Å². The summed E-state index contributed by atoms with van der Waals surface area (Å²) in [5.41, 5.74) is 0.389. The van der Waals surface area contributed by atoms with Crippen LogP contribution < -0.4 is 10.6 Å². The third-order valence-electron chi connectivity index (χ3n) is 5.31. The fourth-order valence-electron chi connectivity index (χ4n) is 3.48. The first-order chi connectivity index (χ1) is 11.8. The molecule has 0 heterocycles. The van der Waals surface area contributed by atoms with Crippen LogP contribution in [0.1, 0.15) is 58.3 Å². The summed E-state index contributed by atoms with van der Waals surface area (Å²) in [4.78, 5) is 4.35. The molecule has 5 nitrogen and oxygen atoms in total. The Balaban J connectivity index is 0.00000312. The molecule has 0 amide bonds. The summed E-state index contributed by atoms with van der Waals surface area (Å²) in [6.45, 7) is 7.47. The Morgan fingerprint density at radius 2 is 1.88 bits per heavy atom. The molecular formula is C19H38IN3O2. The van der Waals surface area contributed by atoms with E-state index < -0.39 is 0 Å². The Bertz CT molecular complexity index is 370. The zero-order valence-corrected chi connectivity index (χ0v) is 18.5. The lowest BCUT2D eigenvalue weighted by Crippen LogP contribution is -2.43. The summed E-state index contributed by atoms with van der Waals surface area (Å²) in [6, 6.07) is 0. The van der Waals surface area contributed by atoms with Crippen molar-refractivity contribution >= 4 is 29.9 Å².